The number of rotatable bonds is 4. The second kappa shape index (κ2) is 6.64. The van der Waals surface area contributed by atoms with E-state index < -0.39 is 5.97 Å². The largest absolute Gasteiger partial charge is 0.481 e. The number of thiol groups is 1. The van der Waals surface area contributed by atoms with Crippen molar-refractivity contribution < 1.29 is 18.5 Å². The average molecular weight is 327 g/mol. The van der Waals surface area contributed by atoms with Gasteiger partial charge in [0.05, 0.1) is 30.9 Å². The fourth-order valence-electron chi connectivity index (χ4n) is 1.70. The summed E-state index contributed by atoms with van der Waals surface area (Å²) in [5, 5.41) is 0.205. The van der Waals surface area contributed by atoms with Crippen LogP contribution in [0.5, 0.6) is 11.8 Å². The highest BCUT2D eigenvalue weighted by atomic mass is 35.5. The van der Waals surface area contributed by atoms with Crippen LogP contribution in [0.1, 0.15) is 10.4 Å². The molecule has 2 aromatic rings. The van der Waals surface area contributed by atoms with Crippen LogP contribution in [-0.4, -0.2) is 30.2 Å². The van der Waals surface area contributed by atoms with E-state index in [1.54, 1.807) is 18.2 Å². The summed E-state index contributed by atoms with van der Waals surface area (Å²) in [6, 6.07) is 6.38. The minimum atomic E-state index is -0.704. The third-order valence-electron chi connectivity index (χ3n) is 2.64. The Hall–Kier alpha value is -1.99. The molecule has 1 heterocycles. The first-order chi connectivity index (χ1) is 10.1. The molecule has 0 aliphatic carbocycles. The Morgan fingerprint density at radius 1 is 1.19 bits per heavy atom. The maximum absolute atomic E-state index is 11.8. The summed E-state index contributed by atoms with van der Waals surface area (Å²) in [7, 11) is 2.93. The van der Waals surface area contributed by atoms with E-state index in [-0.39, 0.29) is 16.4 Å². The van der Waals surface area contributed by atoms with Crippen molar-refractivity contribution in [2.75, 3.05) is 14.2 Å². The molecule has 21 heavy (non-hydrogen) atoms. The van der Waals surface area contributed by atoms with Gasteiger partial charge in [0.15, 0.2) is 5.82 Å². The molecule has 2 rings (SSSR count). The van der Waals surface area contributed by atoms with E-state index >= 15 is 0 Å². The van der Waals surface area contributed by atoms with Gasteiger partial charge < -0.3 is 13.7 Å². The Morgan fingerprint density at radius 2 is 1.81 bits per heavy atom. The minimum Gasteiger partial charge on any atom is -0.481 e. The van der Waals surface area contributed by atoms with Crippen molar-refractivity contribution in [3.05, 3.63) is 34.9 Å². The summed E-state index contributed by atoms with van der Waals surface area (Å²) in [5.74, 6) is 0.107. The Bertz CT molecular complexity index is 659. The van der Waals surface area contributed by atoms with E-state index in [2.05, 4.69) is 27.1 Å². The number of hydrogen-bond acceptors (Lipinski definition) is 7. The van der Waals surface area contributed by atoms with Crippen molar-refractivity contribution >= 4 is 30.5 Å². The highest BCUT2D eigenvalue weighted by Crippen LogP contribution is 2.30. The third kappa shape index (κ3) is 3.20. The van der Waals surface area contributed by atoms with Gasteiger partial charge in [-0.15, -0.1) is 0 Å². The molecule has 0 saturated carbocycles. The van der Waals surface area contributed by atoms with Crippen LogP contribution in [0.2, 0.25) is 5.02 Å². The zero-order valence-electron chi connectivity index (χ0n) is 11.2. The van der Waals surface area contributed by atoms with Gasteiger partial charge in [-0.25, -0.2) is 4.79 Å². The molecule has 0 spiro atoms. The van der Waals surface area contributed by atoms with Gasteiger partial charge in [-0.2, -0.15) is 9.97 Å². The molecule has 0 atom stereocenters. The quantitative estimate of drug-likeness (QED) is 0.688. The first-order valence-electron chi connectivity index (χ1n) is 5.72. The minimum absolute atomic E-state index is 0.115. The van der Waals surface area contributed by atoms with Crippen molar-refractivity contribution in [1.82, 2.24) is 9.97 Å². The van der Waals surface area contributed by atoms with Crippen LogP contribution in [0.25, 0.3) is 11.4 Å². The number of nitrogens with zero attached hydrogens (tertiary/aromatic N) is 2. The van der Waals surface area contributed by atoms with Gasteiger partial charge in [-0.05, 0) is 6.07 Å². The summed E-state index contributed by atoms with van der Waals surface area (Å²) >= 11 is 9.56. The number of halogens is 1. The molecule has 0 radical (unpaired) electrons. The monoisotopic (exact) mass is 326 g/mol. The molecular formula is C13H11ClN2O4S. The zero-order chi connectivity index (χ0) is 15.4. The lowest BCUT2D eigenvalue weighted by Gasteiger charge is -2.10. The van der Waals surface area contributed by atoms with Crippen LogP contribution in [0, 0.1) is 0 Å². The van der Waals surface area contributed by atoms with Crippen LogP contribution < -0.4 is 9.47 Å². The first-order valence-corrected chi connectivity index (χ1v) is 6.46. The molecule has 110 valence electrons. The average Bonchev–Trinajstić information content (AvgIpc) is 2.53. The molecule has 0 fully saturated rings. The standard InChI is InChI=1S/C13H11ClN2O4S/c1-18-9-6-10(19-2)16-12(15-9)7-4-3-5-8(14)11(7)13(17)20-21/h3-6,21H,1-2H3. The second-order valence-electron chi connectivity index (χ2n) is 3.82. The molecule has 0 aliphatic heterocycles. The second-order valence-corrected chi connectivity index (χ2v) is 4.41. The number of methoxy groups -OCH3 is 2. The summed E-state index contributed by atoms with van der Waals surface area (Å²) in [6.45, 7) is 0. The number of aromatic nitrogens is 2. The third-order valence-corrected chi connectivity index (χ3v) is 3.12. The van der Waals surface area contributed by atoms with Crippen molar-refractivity contribution in [3.8, 4) is 23.1 Å². The van der Waals surface area contributed by atoms with Gasteiger partial charge in [0, 0.05) is 18.5 Å². The predicted octanol–water partition coefficient (Wildman–Crippen LogP) is 2.82. The summed E-state index contributed by atoms with van der Waals surface area (Å²) in [4.78, 5) is 20.2. The summed E-state index contributed by atoms with van der Waals surface area (Å²) in [5.41, 5.74) is 0.503. The molecule has 0 amide bonds. The lowest BCUT2D eigenvalue weighted by molar-refractivity contribution is 0.0773. The van der Waals surface area contributed by atoms with Gasteiger partial charge in [0.2, 0.25) is 11.8 Å². The number of ether oxygens (including phenoxy) is 2. The van der Waals surface area contributed by atoms with Gasteiger partial charge in [-0.3, -0.25) is 0 Å². The molecule has 0 bridgehead atoms. The lowest BCUT2D eigenvalue weighted by Crippen LogP contribution is -2.05. The summed E-state index contributed by atoms with van der Waals surface area (Å²) in [6.07, 6.45) is 0. The van der Waals surface area contributed by atoms with Crippen molar-refractivity contribution in [3.63, 3.8) is 0 Å². The summed E-state index contributed by atoms with van der Waals surface area (Å²) < 4.78 is 14.6. The van der Waals surface area contributed by atoms with E-state index in [0.29, 0.717) is 17.3 Å². The Balaban J connectivity index is 2.66. The molecule has 0 saturated heterocycles. The molecule has 0 aliphatic rings. The maximum Gasteiger partial charge on any atom is 0.352 e. The molecule has 8 heteroatoms. The van der Waals surface area contributed by atoms with E-state index in [9.17, 15) is 4.79 Å². The van der Waals surface area contributed by atoms with Crippen molar-refractivity contribution in [2.24, 2.45) is 0 Å². The zero-order valence-corrected chi connectivity index (χ0v) is 12.8. The molecule has 1 aromatic heterocycles. The van der Waals surface area contributed by atoms with Gasteiger partial charge in [-0.1, -0.05) is 23.7 Å². The van der Waals surface area contributed by atoms with E-state index in [0.717, 1.165) is 0 Å². The molecule has 6 nitrogen and oxygen atoms in total. The van der Waals surface area contributed by atoms with Crippen LogP contribution in [-0.2, 0) is 4.18 Å². The van der Waals surface area contributed by atoms with Gasteiger partial charge in [0.1, 0.15) is 0 Å². The van der Waals surface area contributed by atoms with E-state index in [1.807, 2.05) is 0 Å². The number of benzene rings is 1. The molecular weight excluding hydrogens is 316 g/mol. The lowest BCUT2D eigenvalue weighted by atomic mass is 10.1. The van der Waals surface area contributed by atoms with Gasteiger partial charge in [0.25, 0.3) is 0 Å². The van der Waals surface area contributed by atoms with E-state index in [1.165, 1.54) is 20.3 Å². The maximum atomic E-state index is 11.8. The highest BCUT2D eigenvalue weighted by Gasteiger charge is 2.20. The topological polar surface area (TPSA) is 70.5 Å². The Kier molecular flexibility index (Phi) is 4.87. The number of carbonyl (C=O) groups is 1. The SMILES string of the molecule is COc1cc(OC)nc(-c2cccc(Cl)c2C(=O)OS)n1. The molecule has 0 N–H and O–H groups in total. The Morgan fingerprint density at radius 3 is 2.33 bits per heavy atom. The first kappa shape index (κ1) is 15.4. The fraction of sp³-hybridized carbons (Fsp3) is 0.154. The van der Waals surface area contributed by atoms with Crippen LogP contribution in [0.4, 0.5) is 0 Å². The Labute approximate surface area is 131 Å². The highest BCUT2D eigenvalue weighted by molar-refractivity contribution is 7.75. The van der Waals surface area contributed by atoms with Crippen molar-refractivity contribution in [2.45, 2.75) is 0 Å². The smallest absolute Gasteiger partial charge is 0.352 e. The number of hydrogen-bond donors (Lipinski definition) is 1. The number of carbonyl (C=O) groups excluding carboxylic acids is 1. The van der Waals surface area contributed by atoms with Crippen molar-refractivity contribution in [1.29, 1.82) is 0 Å². The van der Waals surface area contributed by atoms with E-state index in [4.69, 9.17) is 21.1 Å². The molecule has 0 unspecified atom stereocenters. The predicted molar refractivity (Wildman–Crippen MR) is 80.0 cm³/mol. The van der Waals surface area contributed by atoms with Crippen LogP contribution in [0.3, 0.4) is 0 Å². The van der Waals surface area contributed by atoms with Gasteiger partial charge >= 0.3 is 5.97 Å². The normalized spacial score (nSPS) is 10.1. The molecule has 1 aromatic carbocycles. The fourth-order valence-corrected chi connectivity index (χ4v) is 2.04. The van der Waals surface area contributed by atoms with Crippen LogP contribution in [0.15, 0.2) is 24.3 Å². The van der Waals surface area contributed by atoms with Crippen LogP contribution >= 0.6 is 24.5 Å².